The summed E-state index contributed by atoms with van der Waals surface area (Å²) in [7, 11) is -8.00. The summed E-state index contributed by atoms with van der Waals surface area (Å²) >= 11 is 0. The monoisotopic (exact) mass is 470 g/mol. The number of hydrogen-bond acceptors (Lipinski definition) is 8. The highest BCUT2D eigenvalue weighted by molar-refractivity contribution is 7.87. The van der Waals surface area contributed by atoms with Crippen molar-refractivity contribution in [2.24, 2.45) is 0 Å². The Bertz CT molecular complexity index is 624. The van der Waals surface area contributed by atoms with Gasteiger partial charge in [-0.25, -0.2) is 0 Å². The maximum atomic E-state index is 11.8. The Balaban J connectivity index is 4.06. The van der Waals surface area contributed by atoms with Gasteiger partial charge >= 0.3 is 32.2 Å². The fraction of sp³-hybridized carbons (Fsp3) is 0.900. The molecule has 0 aliphatic carbocycles. The van der Waals surface area contributed by atoms with Gasteiger partial charge in [0, 0.05) is 0 Å². The summed E-state index contributed by atoms with van der Waals surface area (Å²) in [5.74, 6) is -2.71. The smallest absolute Gasteiger partial charge is 0.322 e. The van der Waals surface area contributed by atoms with Gasteiger partial charge in [-0.1, -0.05) is 78.1 Å². The molecule has 0 atom stereocenters. The van der Waals surface area contributed by atoms with E-state index in [0.29, 0.717) is 12.8 Å². The number of hydrogen-bond donors (Lipinski definition) is 0. The van der Waals surface area contributed by atoms with E-state index in [1.165, 1.54) is 0 Å². The van der Waals surface area contributed by atoms with E-state index in [9.17, 15) is 26.4 Å². The van der Waals surface area contributed by atoms with Crippen molar-refractivity contribution in [2.75, 3.05) is 11.5 Å². The lowest BCUT2D eigenvalue weighted by Crippen LogP contribution is -2.19. The third-order valence-corrected chi connectivity index (χ3v) is 6.93. The van der Waals surface area contributed by atoms with Gasteiger partial charge < -0.3 is 8.37 Å². The first-order chi connectivity index (χ1) is 14.1. The van der Waals surface area contributed by atoms with E-state index < -0.39 is 45.0 Å². The number of rotatable bonds is 19. The van der Waals surface area contributed by atoms with Crippen LogP contribution in [0.1, 0.15) is 104 Å². The second-order valence-electron chi connectivity index (χ2n) is 7.47. The van der Waals surface area contributed by atoms with Gasteiger partial charge in [0.25, 0.3) is 0 Å². The molecule has 0 aromatic heterocycles. The van der Waals surface area contributed by atoms with Gasteiger partial charge in [-0.2, -0.15) is 16.8 Å². The van der Waals surface area contributed by atoms with Crippen molar-refractivity contribution < 1.29 is 34.8 Å². The van der Waals surface area contributed by atoms with E-state index in [2.05, 4.69) is 22.2 Å². The molecule has 0 amide bonds. The van der Waals surface area contributed by atoms with Crippen LogP contribution >= 0.6 is 0 Å². The second kappa shape index (κ2) is 16.5. The summed E-state index contributed by atoms with van der Waals surface area (Å²) in [4.78, 5) is 23.3. The van der Waals surface area contributed by atoms with Crippen molar-refractivity contribution in [1.82, 2.24) is 0 Å². The standard InChI is InChI=1S/C20H38O8S2/c1-3-5-7-9-11-13-17-29(23,24)27-19(21)15-16-20(22)28-30(25,26)18-14-12-10-8-6-4-2/h3-18H2,1-2H3. The van der Waals surface area contributed by atoms with E-state index in [0.717, 1.165) is 64.2 Å². The average Bonchev–Trinajstić information content (AvgIpc) is 2.65. The minimum atomic E-state index is -4.00. The van der Waals surface area contributed by atoms with Crippen LogP contribution in [0.3, 0.4) is 0 Å². The largest absolute Gasteiger partial charge is 0.346 e. The molecular weight excluding hydrogens is 432 g/mol. The van der Waals surface area contributed by atoms with Gasteiger partial charge in [-0.15, -0.1) is 0 Å². The molecule has 30 heavy (non-hydrogen) atoms. The predicted octanol–water partition coefficient (Wildman–Crippen LogP) is 4.23. The highest BCUT2D eigenvalue weighted by Crippen LogP contribution is 2.10. The zero-order chi connectivity index (χ0) is 22.9. The molecule has 0 saturated heterocycles. The molecule has 0 N–H and O–H groups in total. The van der Waals surface area contributed by atoms with Gasteiger partial charge in [0.2, 0.25) is 0 Å². The molecule has 178 valence electrons. The molecule has 8 nitrogen and oxygen atoms in total. The molecule has 0 aromatic rings. The molecule has 0 radical (unpaired) electrons. The van der Waals surface area contributed by atoms with Crippen LogP contribution in [0.4, 0.5) is 0 Å². The minimum Gasteiger partial charge on any atom is -0.346 e. The van der Waals surface area contributed by atoms with Crippen LogP contribution in [-0.2, 0) is 38.2 Å². The highest BCUT2D eigenvalue weighted by Gasteiger charge is 2.21. The lowest BCUT2D eigenvalue weighted by molar-refractivity contribution is -0.140. The van der Waals surface area contributed by atoms with Crippen LogP contribution in [0.5, 0.6) is 0 Å². The summed E-state index contributed by atoms with van der Waals surface area (Å²) in [6.07, 6.45) is 9.50. The van der Waals surface area contributed by atoms with Crippen molar-refractivity contribution in [3.8, 4) is 0 Å². The third kappa shape index (κ3) is 17.7. The fourth-order valence-corrected chi connectivity index (χ4v) is 4.79. The van der Waals surface area contributed by atoms with E-state index in [1.54, 1.807) is 0 Å². The van der Waals surface area contributed by atoms with E-state index >= 15 is 0 Å². The Hall–Kier alpha value is -1.16. The molecule has 0 aromatic carbocycles. The van der Waals surface area contributed by atoms with Crippen LogP contribution in [0.25, 0.3) is 0 Å². The molecule has 0 rings (SSSR count). The summed E-state index contributed by atoms with van der Waals surface area (Å²) < 4.78 is 55.9. The first-order valence-electron chi connectivity index (χ1n) is 11.0. The van der Waals surface area contributed by atoms with Crippen molar-refractivity contribution in [3.05, 3.63) is 0 Å². The lowest BCUT2D eigenvalue weighted by Gasteiger charge is -2.07. The number of carbonyl (C=O) groups excluding carboxylic acids is 2. The molecule has 0 saturated carbocycles. The van der Waals surface area contributed by atoms with Crippen molar-refractivity contribution in [3.63, 3.8) is 0 Å². The topological polar surface area (TPSA) is 121 Å². The van der Waals surface area contributed by atoms with Gasteiger partial charge in [0.05, 0.1) is 24.3 Å². The van der Waals surface area contributed by atoms with Crippen LogP contribution in [0.15, 0.2) is 0 Å². The Kier molecular flexibility index (Phi) is 15.9. The maximum absolute atomic E-state index is 11.8. The predicted molar refractivity (Wildman–Crippen MR) is 116 cm³/mol. The van der Waals surface area contributed by atoms with Gasteiger partial charge in [0.1, 0.15) is 0 Å². The summed E-state index contributed by atoms with van der Waals surface area (Å²) in [6.45, 7) is 4.18. The summed E-state index contributed by atoms with van der Waals surface area (Å²) in [6, 6.07) is 0. The summed E-state index contributed by atoms with van der Waals surface area (Å²) in [5, 5.41) is 0. The van der Waals surface area contributed by atoms with E-state index in [-0.39, 0.29) is 11.5 Å². The Morgan fingerprint density at radius 2 is 0.833 bits per heavy atom. The second-order valence-corrected chi connectivity index (χ2v) is 10.9. The zero-order valence-electron chi connectivity index (χ0n) is 18.4. The van der Waals surface area contributed by atoms with Crippen molar-refractivity contribution >= 4 is 32.2 Å². The Labute approximate surface area is 182 Å². The van der Waals surface area contributed by atoms with Crippen molar-refractivity contribution in [2.45, 2.75) is 104 Å². The minimum absolute atomic E-state index is 0.262. The number of unbranched alkanes of at least 4 members (excludes halogenated alkanes) is 10. The first kappa shape index (κ1) is 28.8. The molecule has 10 heteroatoms. The van der Waals surface area contributed by atoms with Crippen LogP contribution < -0.4 is 0 Å². The number of carbonyl (C=O) groups is 2. The Morgan fingerprint density at radius 3 is 1.17 bits per heavy atom. The third-order valence-electron chi connectivity index (χ3n) is 4.47. The molecule has 0 aliphatic heterocycles. The normalized spacial score (nSPS) is 11.9. The van der Waals surface area contributed by atoms with E-state index in [1.807, 2.05) is 0 Å². The average molecular weight is 471 g/mol. The van der Waals surface area contributed by atoms with E-state index in [4.69, 9.17) is 0 Å². The van der Waals surface area contributed by atoms with Crippen molar-refractivity contribution in [1.29, 1.82) is 0 Å². The molecule has 0 heterocycles. The van der Waals surface area contributed by atoms with Gasteiger partial charge in [0.15, 0.2) is 0 Å². The SMILES string of the molecule is CCCCCCCCS(=O)(=O)OC(=O)CCC(=O)OS(=O)(=O)CCCCCCCC. The molecule has 0 bridgehead atoms. The maximum Gasteiger partial charge on any atom is 0.322 e. The first-order valence-corrected chi connectivity index (χ1v) is 14.2. The Morgan fingerprint density at radius 1 is 0.533 bits per heavy atom. The van der Waals surface area contributed by atoms with Crippen LogP contribution in [0.2, 0.25) is 0 Å². The van der Waals surface area contributed by atoms with Gasteiger partial charge in [-0.3, -0.25) is 9.59 Å². The van der Waals surface area contributed by atoms with Gasteiger partial charge in [-0.05, 0) is 12.8 Å². The highest BCUT2D eigenvalue weighted by atomic mass is 32.2. The quantitative estimate of drug-likeness (QED) is 0.203. The molecular formula is C20H38O8S2. The molecule has 0 unspecified atom stereocenters. The fourth-order valence-electron chi connectivity index (χ4n) is 2.77. The molecule has 0 spiro atoms. The summed E-state index contributed by atoms with van der Waals surface area (Å²) in [5.41, 5.74) is 0. The lowest BCUT2D eigenvalue weighted by atomic mass is 10.1. The molecule has 0 fully saturated rings. The zero-order valence-corrected chi connectivity index (χ0v) is 20.0. The molecule has 0 aliphatic rings. The van der Waals surface area contributed by atoms with Crippen LogP contribution in [-0.4, -0.2) is 40.3 Å². The van der Waals surface area contributed by atoms with Crippen LogP contribution in [0, 0.1) is 0 Å².